The van der Waals surface area contributed by atoms with Gasteiger partial charge in [0.25, 0.3) is 0 Å². The summed E-state index contributed by atoms with van der Waals surface area (Å²) in [7, 11) is 0. The van der Waals surface area contributed by atoms with E-state index in [1.165, 1.54) is 22.8 Å². The molecule has 0 spiro atoms. The Morgan fingerprint density at radius 3 is 3.00 bits per heavy atom. The van der Waals surface area contributed by atoms with Crippen molar-refractivity contribution in [3.63, 3.8) is 0 Å². The van der Waals surface area contributed by atoms with E-state index in [0.717, 1.165) is 0 Å². The summed E-state index contributed by atoms with van der Waals surface area (Å²) < 4.78 is 14.7. The van der Waals surface area contributed by atoms with Crippen molar-refractivity contribution in [1.29, 1.82) is 0 Å². The first-order valence-electron chi connectivity index (χ1n) is 4.11. The summed E-state index contributed by atoms with van der Waals surface area (Å²) in [5.74, 6) is -1.37. The predicted octanol–water partition coefficient (Wildman–Crippen LogP) is 2.02. The highest BCUT2D eigenvalue weighted by molar-refractivity contribution is 9.10. The quantitative estimate of drug-likeness (QED) is 0.910. The lowest BCUT2D eigenvalue weighted by molar-refractivity contribution is -0.137. The molecule has 6 heteroatoms. The van der Waals surface area contributed by atoms with E-state index in [9.17, 15) is 9.18 Å². The topological polar surface area (TPSA) is 55.1 Å². The number of imidazole rings is 1. The molecule has 1 N–H and O–H groups in total. The minimum Gasteiger partial charge on any atom is -0.480 e. The molecule has 0 atom stereocenters. The van der Waals surface area contributed by atoms with Gasteiger partial charge < -0.3 is 9.67 Å². The fourth-order valence-corrected chi connectivity index (χ4v) is 1.87. The molecule has 0 saturated carbocycles. The Balaban J connectivity index is 2.63. The van der Waals surface area contributed by atoms with Gasteiger partial charge in [-0.15, -0.1) is 0 Å². The number of rotatable bonds is 2. The summed E-state index contributed by atoms with van der Waals surface area (Å²) in [6.07, 6.45) is 0. The average Bonchev–Trinajstić information content (AvgIpc) is 2.41. The molecule has 4 nitrogen and oxygen atoms in total. The molecule has 0 fully saturated rings. The first kappa shape index (κ1) is 10.1. The Bertz CT molecular complexity index is 538. The lowest BCUT2D eigenvalue weighted by Crippen LogP contribution is -2.08. The van der Waals surface area contributed by atoms with Crippen LogP contribution in [0.25, 0.3) is 11.0 Å². The van der Waals surface area contributed by atoms with Gasteiger partial charge in [0.15, 0.2) is 4.73 Å². The number of carboxylic acid groups (broad SMARTS) is 1. The molecule has 1 aromatic heterocycles. The maximum Gasteiger partial charge on any atom is 0.323 e. The van der Waals surface area contributed by atoms with Crippen LogP contribution in [0.4, 0.5) is 4.39 Å². The number of nitrogens with zero attached hydrogens (tertiary/aromatic N) is 2. The van der Waals surface area contributed by atoms with Crippen molar-refractivity contribution in [2.45, 2.75) is 6.54 Å². The number of aliphatic carboxylic acids is 1. The minimum absolute atomic E-state index is 0.206. The third-order valence-electron chi connectivity index (χ3n) is 1.96. The van der Waals surface area contributed by atoms with Crippen LogP contribution in [0.1, 0.15) is 0 Å². The van der Waals surface area contributed by atoms with Crippen molar-refractivity contribution >= 4 is 32.9 Å². The molecule has 1 aromatic carbocycles. The summed E-state index contributed by atoms with van der Waals surface area (Å²) in [4.78, 5) is 14.6. The molecule has 0 unspecified atom stereocenters. The van der Waals surface area contributed by atoms with Crippen molar-refractivity contribution in [2.75, 3.05) is 0 Å². The molecule has 2 rings (SSSR count). The lowest BCUT2D eigenvalue weighted by Gasteiger charge is -2.00. The summed E-state index contributed by atoms with van der Waals surface area (Å²) in [6.45, 7) is -0.206. The van der Waals surface area contributed by atoms with Gasteiger partial charge in [0.1, 0.15) is 12.4 Å². The average molecular weight is 273 g/mol. The zero-order chi connectivity index (χ0) is 11.0. The standard InChI is InChI=1S/C9H6BrFN2O2/c10-9-12-6-3-5(11)1-2-7(6)13(9)4-8(14)15/h1-3H,4H2,(H,14,15). The number of carboxylic acids is 1. The van der Waals surface area contributed by atoms with E-state index in [2.05, 4.69) is 20.9 Å². The Morgan fingerprint density at radius 1 is 1.60 bits per heavy atom. The van der Waals surface area contributed by atoms with E-state index in [-0.39, 0.29) is 6.54 Å². The van der Waals surface area contributed by atoms with Gasteiger partial charge in [-0.1, -0.05) is 0 Å². The van der Waals surface area contributed by atoms with Crippen LogP contribution in [0.5, 0.6) is 0 Å². The first-order valence-corrected chi connectivity index (χ1v) is 4.90. The van der Waals surface area contributed by atoms with Crippen molar-refractivity contribution in [3.8, 4) is 0 Å². The lowest BCUT2D eigenvalue weighted by atomic mass is 10.3. The molecule has 15 heavy (non-hydrogen) atoms. The molecule has 0 aliphatic carbocycles. The monoisotopic (exact) mass is 272 g/mol. The number of hydrogen-bond donors (Lipinski definition) is 1. The maximum atomic E-state index is 12.9. The predicted molar refractivity (Wildman–Crippen MR) is 55.0 cm³/mol. The van der Waals surface area contributed by atoms with E-state index >= 15 is 0 Å². The Labute approximate surface area is 92.5 Å². The highest BCUT2D eigenvalue weighted by Crippen LogP contribution is 2.20. The Hall–Kier alpha value is -1.43. The number of hydrogen-bond acceptors (Lipinski definition) is 2. The fourth-order valence-electron chi connectivity index (χ4n) is 1.36. The van der Waals surface area contributed by atoms with Crippen LogP contribution in [0.3, 0.4) is 0 Å². The molecule has 0 saturated heterocycles. The second-order valence-corrected chi connectivity index (χ2v) is 3.70. The third-order valence-corrected chi connectivity index (χ3v) is 2.56. The largest absolute Gasteiger partial charge is 0.480 e. The molecular weight excluding hydrogens is 267 g/mol. The van der Waals surface area contributed by atoms with Crippen molar-refractivity contribution in [1.82, 2.24) is 9.55 Å². The van der Waals surface area contributed by atoms with Gasteiger partial charge in [0.05, 0.1) is 11.0 Å². The molecule has 0 amide bonds. The van der Waals surface area contributed by atoms with E-state index in [1.807, 2.05) is 0 Å². The first-order chi connectivity index (χ1) is 7.08. The summed E-state index contributed by atoms with van der Waals surface area (Å²) in [6, 6.07) is 4.04. The SMILES string of the molecule is O=C(O)Cn1c(Br)nc2cc(F)ccc21. The van der Waals surface area contributed by atoms with Crippen LogP contribution in [0.15, 0.2) is 22.9 Å². The zero-order valence-corrected chi connectivity index (χ0v) is 9.03. The van der Waals surface area contributed by atoms with Crippen molar-refractivity contribution in [2.24, 2.45) is 0 Å². The number of aromatic nitrogens is 2. The number of carbonyl (C=O) groups is 1. The maximum absolute atomic E-state index is 12.9. The Kier molecular flexibility index (Phi) is 2.44. The number of halogens is 2. The van der Waals surface area contributed by atoms with Crippen LogP contribution in [-0.4, -0.2) is 20.6 Å². The van der Waals surface area contributed by atoms with Gasteiger partial charge in [-0.2, -0.15) is 0 Å². The molecule has 78 valence electrons. The second-order valence-electron chi connectivity index (χ2n) is 2.99. The normalized spacial score (nSPS) is 10.8. The van der Waals surface area contributed by atoms with Crippen LogP contribution in [-0.2, 0) is 11.3 Å². The number of benzene rings is 1. The van der Waals surface area contributed by atoms with Gasteiger partial charge in [0, 0.05) is 6.07 Å². The summed E-state index contributed by atoms with van der Waals surface area (Å²) >= 11 is 3.13. The highest BCUT2D eigenvalue weighted by atomic mass is 79.9. The molecule has 0 aliphatic heterocycles. The molecule has 0 radical (unpaired) electrons. The molecule has 0 aliphatic rings. The van der Waals surface area contributed by atoms with Crippen LogP contribution in [0.2, 0.25) is 0 Å². The molecule has 0 bridgehead atoms. The molecule has 2 aromatic rings. The molecular formula is C9H6BrFN2O2. The fraction of sp³-hybridized carbons (Fsp3) is 0.111. The van der Waals surface area contributed by atoms with E-state index in [1.54, 1.807) is 0 Å². The van der Waals surface area contributed by atoms with Gasteiger partial charge in [-0.3, -0.25) is 4.79 Å². The van der Waals surface area contributed by atoms with E-state index in [4.69, 9.17) is 5.11 Å². The van der Waals surface area contributed by atoms with Gasteiger partial charge in [-0.25, -0.2) is 9.37 Å². The van der Waals surface area contributed by atoms with Gasteiger partial charge in [0.2, 0.25) is 0 Å². The zero-order valence-electron chi connectivity index (χ0n) is 7.44. The molecule has 1 heterocycles. The smallest absolute Gasteiger partial charge is 0.323 e. The van der Waals surface area contributed by atoms with Crippen LogP contribution < -0.4 is 0 Å². The van der Waals surface area contributed by atoms with Gasteiger partial charge >= 0.3 is 5.97 Å². The highest BCUT2D eigenvalue weighted by Gasteiger charge is 2.11. The van der Waals surface area contributed by atoms with Crippen LogP contribution >= 0.6 is 15.9 Å². The minimum atomic E-state index is -0.973. The second kappa shape index (κ2) is 3.62. The Morgan fingerprint density at radius 2 is 2.33 bits per heavy atom. The van der Waals surface area contributed by atoms with Crippen molar-refractivity contribution < 1.29 is 14.3 Å². The number of fused-ring (bicyclic) bond motifs is 1. The van der Waals surface area contributed by atoms with E-state index < -0.39 is 11.8 Å². The van der Waals surface area contributed by atoms with Gasteiger partial charge in [-0.05, 0) is 28.1 Å². The summed E-state index contributed by atoms with van der Waals surface area (Å²) in [5, 5.41) is 8.68. The van der Waals surface area contributed by atoms with Crippen LogP contribution in [0, 0.1) is 5.82 Å². The summed E-state index contributed by atoms with van der Waals surface area (Å²) in [5.41, 5.74) is 1.02. The third kappa shape index (κ3) is 1.85. The van der Waals surface area contributed by atoms with E-state index in [0.29, 0.717) is 15.8 Å². The van der Waals surface area contributed by atoms with Crippen molar-refractivity contribution in [3.05, 3.63) is 28.7 Å².